The molecule has 1 amide bonds. The van der Waals surface area contributed by atoms with E-state index < -0.39 is 27.9 Å². The molecule has 7 nitrogen and oxygen atoms in total. The van der Waals surface area contributed by atoms with Gasteiger partial charge in [-0.15, -0.1) is 11.3 Å². The third kappa shape index (κ3) is 3.65. The summed E-state index contributed by atoms with van der Waals surface area (Å²) in [5, 5.41) is 4.49. The molecule has 0 saturated heterocycles. The molecule has 0 saturated carbocycles. The molecule has 0 fully saturated rings. The van der Waals surface area contributed by atoms with Gasteiger partial charge < -0.3 is 10.1 Å². The van der Waals surface area contributed by atoms with Crippen molar-refractivity contribution in [2.24, 2.45) is 0 Å². The van der Waals surface area contributed by atoms with E-state index in [0.29, 0.717) is 5.02 Å². The van der Waals surface area contributed by atoms with Crippen LogP contribution in [-0.2, 0) is 19.6 Å². The van der Waals surface area contributed by atoms with Crippen LogP contribution in [0.5, 0.6) is 0 Å². The second-order valence-electron chi connectivity index (χ2n) is 6.34. The van der Waals surface area contributed by atoms with Crippen LogP contribution in [0.2, 0.25) is 5.02 Å². The van der Waals surface area contributed by atoms with Gasteiger partial charge >= 0.3 is 5.97 Å². The van der Waals surface area contributed by atoms with Crippen LogP contribution in [-0.4, -0.2) is 26.3 Å². The molecule has 2 aromatic rings. The van der Waals surface area contributed by atoms with E-state index in [1.807, 2.05) is 0 Å². The number of rotatable bonds is 4. The number of halogens is 1. The first-order chi connectivity index (χ1) is 13.1. The van der Waals surface area contributed by atoms with E-state index in [-0.39, 0.29) is 21.1 Å². The van der Waals surface area contributed by atoms with Gasteiger partial charge in [-0.05, 0) is 56.0 Å². The molecule has 1 aromatic carbocycles. The van der Waals surface area contributed by atoms with E-state index in [2.05, 4.69) is 5.32 Å². The molecule has 1 atom stereocenters. The number of esters is 1. The topological polar surface area (TPSA) is 92.8 Å². The minimum atomic E-state index is -4.22. The zero-order valence-corrected chi connectivity index (χ0v) is 17.6. The average molecular weight is 441 g/mol. The van der Waals surface area contributed by atoms with Crippen LogP contribution in [0.1, 0.15) is 30.4 Å². The first kappa shape index (κ1) is 20.4. The molecule has 3 rings (SSSR count). The third-order valence-electron chi connectivity index (χ3n) is 3.94. The van der Waals surface area contributed by atoms with Gasteiger partial charge in [-0.2, -0.15) is 0 Å². The Kier molecular flexibility index (Phi) is 5.51. The molecule has 0 radical (unpaired) electrons. The van der Waals surface area contributed by atoms with Crippen LogP contribution in [0, 0.1) is 0 Å². The second-order valence-corrected chi connectivity index (χ2v) is 9.48. The van der Waals surface area contributed by atoms with Crippen molar-refractivity contribution < 1.29 is 22.7 Å². The van der Waals surface area contributed by atoms with E-state index in [4.69, 9.17) is 16.3 Å². The number of carbonyl (C=O) groups excluding carboxylic acids is 2. The fraction of sp³-hybridized carbons (Fsp3) is 0.222. The summed E-state index contributed by atoms with van der Waals surface area (Å²) < 4.78 is 32.9. The van der Waals surface area contributed by atoms with Crippen LogP contribution < -0.4 is 9.62 Å². The normalized spacial score (nSPS) is 16.2. The number of carbonyl (C=O) groups is 2. The number of hydrogen-bond acceptors (Lipinski definition) is 6. The second kappa shape index (κ2) is 7.57. The standard InChI is InChI=1S/C18H17ClN2O5S2/c1-10(2)9-26-18(23)16-15(6-7-27-16)28(24,25)21-11(3)17(22)20-13-8-12(19)4-5-14(13)21/h4-9,11H,1-3H3,(H,20,22). The first-order valence-corrected chi connectivity index (χ1v) is 10.9. The molecule has 1 aliphatic heterocycles. The maximum absolute atomic E-state index is 13.4. The van der Waals surface area contributed by atoms with Crippen LogP contribution >= 0.6 is 22.9 Å². The molecule has 1 unspecified atom stereocenters. The molecule has 10 heteroatoms. The Balaban J connectivity index is 2.10. The van der Waals surface area contributed by atoms with E-state index >= 15 is 0 Å². The Labute approximate surface area is 171 Å². The molecule has 148 valence electrons. The quantitative estimate of drug-likeness (QED) is 0.572. The van der Waals surface area contributed by atoms with E-state index in [9.17, 15) is 18.0 Å². The van der Waals surface area contributed by atoms with Crippen LogP contribution in [0.15, 0.2) is 46.4 Å². The average Bonchev–Trinajstić information content (AvgIpc) is 3.11. The lowest BCUT2D eigenvalue weighted by Crippen LogP contribution is -2.49. The van der Waals surface area contributed by atoms with Crippen molar-refractivity contribution >= 4 is 56.2 Å². The van der Waals surface area contributed by atoms with Gasteiger partial charge in [0, 0.05) is 5.02 Å². The lowest BCUT2D eigenvalue weighted by atomic mass is 10.1. The number of ether oxygens (including phenoxy) is 1. The minimum Gasteiger partial charge on any atom is -0.430 e. The molecule has 1 aliphatic rings. The van der Waals surface area contributed by atoms with E-state index in [0.717, 1.165) is 21.2 Å². The van der Waals surface area contributed by atoms with Crippen LogP contribution in [0.4, 0.5) is 11.4 Å². The first-order valence-electron chi connectivity index (χ1n) is 8.19. The fourth-order valence-electron chi connectivity index (χ4n) is 2.67. The monoisotopic (exact) mass is 440 g/mol. The smallest absolute Gasteiger partial charge is 0.354 e. The van der Waals surface area contributed by atoms with Crippen LogP contribution in [0.25, 0.3) is 0 Å². The molecule has 0 spiro atoms. The number of benzene rings is 1. The van der Waals surface area contributed by atoms with Crippen molar-refractivity contribution in [1.82, 2.24) is 0 Å². The number of nitrogens with one attached hydrogen (secondary N) is 1. The molecular weight excluding hydrogens is 424 g/mol. The van der Waals surface area contributed by atoms with Crippen molar-refractivity contribution in [1.29, 1.82) is 0 Å². The molecule has 2 heterocycles. The highest BCUT2D eigenvalue weighted by atomic mass is 35.5. The summed E-state index contributed by atoms with van der Waals surface area (Å²) in [4.78, 5) is 24.4. The highest BCUT2D eigenvalue weighted by Gasteiger charge is 2.40. The Morgan fingerprint density at radius 2 is 2.04 bits per heavy atom. The predicted molar refractivity (Wildman–Crippen MR) is 108 cm³/mol. The van der Waals surface area contributed by atoms with Gasteiger partial charge in [0.15, 0.2) is 0 Å². The van der Waals surface area contributed by atoms with Gasteiger partial charge in [0.05, 0.1) is 17.6 Å². The lowest BCUT2D eigenvalue weighted by Gasteiger charge is -2.35. The summed E-state index contributed by atoms with van der Waals surface area (Å²) in [7, 11) is -4.22. The van der Waals surface area contributed by atoms with E-state index in [1.165, 1.54) is 42.8 Å². The number of fused-ring (bicyclic) bond motifs is 1. The van der Waals surface area contributed by atoms with Crippen molar-refractivity contribution in [3.05, 3.63) is 51.4 Å². The summed E-state index contributed by atoms with van der Waals surface area (Å²) in [5.41, 5.74) is 1.30. The molecule has 1 aromatic heterocycles. The molecule has 1 N–H and O–H groups in total. The lowest BCUT2D eigenvalue weighted by molar-refractivity contribution is -0.117. The zero-order chi connectivity index (χ0) is 20.6. The van der Waals surface area contributed by atoms with Crippen molar-refractivity contribution in [3.63, 3.8) is 0 Å². The van der Waals surface area contributed by atoms with Gasteiger partial charge in [-0.25, -0.2) is 13.2 Å². The minimum absolute atomic E-state index is 0.0637. The molecule has 0 aliphatic carbocycles. The number of hydrogen-bond donors (Lipinski definition) is 1. The SMILES string of the molecule is CC(C)=COC(=O)c1sccc1S(=O)(=O)N1c2ccc(Cl)cc2NC(=O)C1C. The zero-order valence-electron chi connectivity index (χ0n) is 15.2. The Bertz CT molecular complexity index is 1090. The number of anilines is 2. The largest absolute Gasteiger partial charge is 0.430 e. The summed E-state index contributed by atoms with van der Waals surface area (Å²) in [5.74, 6) is -1.28. The van der Waals surface area contributed by atoms with Gasteiger partial charge in [-0.1, -0.05) is 11.6 Å². The van der Waals surface area contributed by atoms with Crippen molar-refractivity contribution in [3.8, 4) is 0 Å². The predicted octanol–water partition coefficient (Wildman–Crippen LogP) is 4.02. The Hall–Kier alpha value is -2.36. The third-order valence-corrected chi connectivity index (χ3v) is 7.12. The highest BCUT2D eigenvalue weighted by molar-refractivity contribution is 7.93. The van der Waals surface area contributed by atoms with Crippen LogP contribution in [0.3, 0.4) is 0 Å². The number of amides is 1. The van der Waals surface area contributed by atoms with Gasteiger partial charge in [-0.3, -0.25) is 9.10 Å². The molecular formula is C18H17ClN2O5S2. The maximum Gasteiger partial charge on any atom is 0.354 e. The van der Waals surface area contributed by atoms with Gasteiger partial charge in [0.1, 0.15) is 15.8 Å². The van der Waals surface area contributed by atoms with E-state index in [1.54, 1.807) is 13.8 Å². The number of thiophene rings is 1. The van der Waals surface area contributed by atoms with Gasteiger partial charge in [0.25, 0.3) is 10.0 Å². The Morgan fingerprint density at radius 1 is 1.32 bits per heavy atom. The van der Waals surface area contributed by atoms with Crippen molar-refractivity contribution in [2.45, 2.75) is 31.7 Å². The number of sulfonamides is 1. The van der Waals surface area contributed by atoms with Gasteiger partial charge in [0.2, 0.25) is 5.91 Å². The number of nitrogens with zero attached hydrogens (tertiary/aromatic N) is 1. The fourth-order valence-corrected chi connectivity index (χ4v) is 5.76. The number of allylic oxidation sites excluding steroid dienone is 1. The Morgan fingerprint density at radius 3 is 2.71 bits per heavy atom. The maximum atomic E-state index is 13.4. The van der Waals surface area contributed by atoms with Crippen molar-refractivity contribution in [2.75, 3.05) is 9.62 Å². The summed E-state index contributed by atoms with van der Waals surface area (Å²) in [6, 6.07) is 4.83. The molecule has 28 heavy (non-hydrogen) atoms. The summed E-state index contributed by atoms with van der Waals surface area (Å²) in [6.45, 7) is 4.96. The summed E-state index contributed by atoms with van der Waals surface area (Å²) >= 11 is 6.92. The molecule has 0 bridgehead atoms. The highest BCUT2D eigenvalue weighted by Crippen LogP contribution is 2.39. The summed E-state index contributed by atoms with van der Waals surface area (Å²) in [6.07, 6.45) is 1.26.